The molecule has 1 heterocycles. The lowest BCUT2D eigenvalue weighted by molar-refractivity contribution is -0.0437. The van der Waals surface area contributed by atoms with Gasteiger partial charge >= 0.3 is 0 Å². The highest BCUT2D eigenvalue weighted by molar-refractivity contribution is 5.23. The van der Waals surface area contributed by atoms with E-state index in [1.54, 1.807) is 27.0 Å². The Kier molecular flexibility index (Phi) is 4.96. The van der Waals surface area contributed by atoms with Crippen LogP contribution >= 0.6 is 0 Å². The lowest BCUT2D eigenvalue weighted by atomic mass is 9.97. The van der Waals surface area contributed by atoms with Gasteiger partial charge in [-0.2, -0.15) is 0 Å². The van der Waals surface area contributed by atoms with Crippen LogP contribution in [0.3, 0.4) is 0 Å². The molecule has 21 heavy (non-hydrogen) atoms. The van der Waals surface area contributed by atoms with E-state index in [2.05, 4.69) is 4.90 Å². The van der Waals surface area contributed by atoms with Crippen LogP contribution in [0.5, 0.6) is 0 Å². The molecule has 2 rings (SSSR count). The fourth-order valence-corrected chi connectivity index (χ4v) is 3.02. The Morgan fingerprint density at radius 1 is 1.38 bits per heavy atom. The van der Waals surface area contributed by atoms with Gasteiger partial charge in [-0.15, -0.1) is 0 Å². The van der Waals surface area contributed by atoms with Crippen molar-refractivity contribution in [3.8, 4) is 0 Å². The van der Waals surface area contributed by atoms with Crippen LogP contribution in [0.25, 0.3) is 0 Å². The molecule has 0 spiro atoms. The van der Waals surface area contributed by atoms with E-state index < -0.39 is 17.2 Å². The molecule has 1 fully saturated rings. The molecule has 0 aliphatic carbocycles. The molecule has 0 radical (unpaired) electrons. The highest BCUT2D eigenvalue weighted by atomic mass is 19.2. The molecule has 1 aromatic rings. The van der Waals surface area contributed by atoms with Crippen LogP contribution in [-0.4, -0.2) is 48.5 Å². The zero-order valence-electron chi connectivity index (χ0n) is 12.8. The molecule has 0 saturated carbocycles. The minimum absolute atomic E-state index is 0.113. The smallest absolute Gasteiger partial charge is 0.159 e. The maximum Gasteiger partial charge on any atom is 0.159 e. The Balaban J connectivity index is 2.10. The third-order valence-electron chi connectivity index (χ3n) is 4.22. The van der Waals surface area contributed by atoms with Gasteiger partial charge in [0, 0.05) is 13.7 Å². The van der Waals surface area contributed by atoms with Crippen molar-refractivity contribution in [2.45, 2.75) is 37.8 Å². The van der Waals surface area contributed by atoms with Crippen LogP contribution in [0, 0.1) is 11.6 Å². The van der Waals surface area contributed by atoms with E-state index in [1.807, 2.05) is 0 Å². The van der Waals surface area contributed by atoms with Crippen LogP contribution in [0.1, 0.15) is 31.7 Å². The van der Waals surface area contributed by atoms with Crippen molar-refractivity contribution in [3.05, 3.63) is 35.4 Å². The van der Waals surface area contributed by atoms with Crippen molar-refractivity contribution in [1.29, 1.82) is 0 Å². The Morgan fingerprint density at radius 3 is 2.67 bits per heavy atom. The third kappa shape index (κ3) is 3.78. The van der Waals surface area contributed by atoms with Gasteiger partial charge in [0.15, 0.2) is 11.6 Å². The second kappa shape index (κ2) is 6.38. The lowest BCUT2D eigenvalue weighted by Gasteiger charge is -2.36. The summed E-state index contributed by atoms with van der Waals surface area (Å²) in [6.07, 6.45) is 0.862. The molecule has 118 valence electrons. The molecule has 2 atom stereocenters. The van der Waals surface area contributed by atoms with Crippen molar-refractivity contribution >= 4 is 0 Å². The molecule has 1 N–H and O–H groups in total. The molecule has 1 saturated heterocycles. The maximum absolute atomic E-state index is 13.3. The molecule has 1 aromatic carbocycles. The number of halogens is 2. The molecule has 3 nitrogen and oxygen atoms in total. The van der Waals surface area contributed by atoms with E-state index >= 15 is 0 Å². The Labute approximate surface area is 124 Å². The van der Waals surface area contributed by atoms with Crippen LogP contribution in [0.2, 0.25) is 0 Å². The zero-order valence-corrected chi connectivity index (χ0v) is 12.8. The summed E-state index contributed by atoms with van der Waals surface area (Å²) in [6, 6.07) is 3.98. The molecule has 0 aromatic heterocycles. The fourth-order valence-electron chi connectivity index (χ4n) is 3.02. The normalized spacial score (nSPS) is 21.7. The first kappa shape index (κ1) is 16.3. The minimum Gasteiger partial charge on any atom is -0.389 e. The van der Waals surface area contributed by atoms with Crippen molar-refractivity contribution in [2.24, 2.45) is 0 Å². The SMILES string of the molecule is COCC(N1CC[C@H](c2ccc(F)c(F)c2)C1)C(C)(C)O. The van der Waals surface area contributed by atoms with E-state index in [1.165, 1.54) is 12.1 Å². The van der Waals surface area contributed by atoms with Crippen LogP contribution in [0.15, 0.2) is 18.2 Å². The summed E-state index contributed by atoms with van der Waals surface area (Å²) in [7, 11) is 1.61. The van der Waals surface area contributed by atoms with E-state index in [-0.39, 0.29) is 12.0 Å². The highest BCUT2D eigenvalue weighted by Crippen LogP contribution is 2.31. The number of benzene rings is 1. The number of rotatable bonds is 5. The summed E-state index contributed by atoms with van der Waals surface area (Å²) in [4.78, 5) is 2.16. The number of methoxy groups -OCH3 is 1. The van der Waals surface area contributed by atoms with E-state index in [0.717, 1.165) is 18.5 Å². The van der Waals surface area contributed by atoms with Crippen LogP contribution < -0.4 is 0 Å². The predicted molar refractivity (Wildman–Crippen MR) is 77.3 cm³/mol. The largest absolute Gasteiger partial charge is 0.389 e. The number of hydrogen-bond donors (Lipinski definition) is 1. The number of nitrogens with zero attached hydrogens (tertiary/aromatic N) is 1. The van der Waals surface area contributed by atoms with E-state index in [0.29, 0.717) is 13.2 Å². The monoisotopic (exact) mass is 299 g/mol. The number of hydrogen-bond acceptors (Lipinski definition) is 3. The molecule has 1 aliphatic heterocycles. The van der Waals surface area contributed by atoms with Gasteiger partial charge in [-0.1, -0.05) is 6.07 Å². The molecular weight excluding hydrogens is 276 g/mol. The first-order valence-corrected chi connectivity index (χ1v) is 7.23. The Morgan fingerprint density at radius 2 is 2.10 bits per heavy atom. The first-order valence-electron chi connectivity index (χ1n) is 7.23. The first-order chi connectivity index (χ1) is 9.82. The van der Waals surface area contributed by atoms with Gasteiger partial charge in [-0.3, -0.25) is 4.90 Å². The van der Waals surface area contributed by atoms with Gasteiger partial charge in [0.25, 0.3) is 0 Å². The Hall–Kier alpha value is -1.04. The fraction of sp³-hybridized carbons (Fsp3) is 0.625. The van der Waals surface area contributed by atoms with Crippen molar-refractivity contribution in [2.75, 3.05) is 26.8 Å². The Bertz CT molecular complexity index is 488. The van der Waals surface area contributed by atoms with Gasteiger partial charge in [-0.05, 0) is 50.4 Å². The second-order valence-electron chi connectivity index (χ2n) is 6.28. The highest BCUT2D eigenvalue weighted by Gasteiger charge is 2.37. The lowest BCUT2D eigenvalue weighted by Crippen LogP contribution is -2.51. The van der Waals surface area contributed by atoms with E-state index in [9.17, 15) is 13.9 Å². The summed E-state index contributed by atoms with van der Waals surface area (Å²) >= 11 is 0. The van der Waals surface area contributed by atoms with Gasteiger partial charge < -0.3 is 9.84 Å². The summed E-state index contributed by atoms with van der Waals surface area (Å²) < 4.78 is 31.6. The van der Waals surface area contributed by atoms with Crippen molar-refractivity contribution in [1.82, 2.24) is 4.90 Å². The summed E-state index contributed by atoms with van der Waals surface area (Å²) in [6.45, 7) is 5.49. The quantitative estimate of drug-likeness (QED) is 0.907. The summed E-state index contributed by atoms with van der Waals surface area (Å²) in [5, 5.41) is 10.3. The second-order valence-corrected chi connectivity index (χ2v) is 6.28. The molecular formula is C16H23F2NO2. The van der Waals surface area contributed by atoms with Gasteiger partial charge in [0.1, 0.15) is 0 Å². The maximum atomic E-state index is 13.3. The third-order valence-corrected chi connectivity index (χ3v) is 4.22. The van der Waals surface area contributed by atoms with Gasteiger partial charge in [-0.25, -0.2) is 8.78 Å². The summed E-state index contributed by atoms with van der Waals surface area (Å²) in [5.74, 6) is -1.47. The summed E-state index contributed by atoms with van der Waals surface area (Å²) in [5.41, 5.74) is -0.0674. The number of likely N-dealkylation sites (tertiary alicyclic amines) is 1. The zero-order chi connectivity index (χ0) is 15.6. The molecule has 1 unspecified atom stereocenters. The molecule has 0 amide bonds. The molecule has 5 heteroatoms. The molecule has 0 bridgehead atoms. The average molecular weight is 299 g/mol. The average Bonchev–Trinajstić information content (AvgIpc) is 2.87. The van der Waals surface area contributed by atoms with Crippen LogP contribution in [-0.2, 0) is 4.74 Å². The number of ether oxygens (including phenoxy) is 1. The van der Waals surface area contributed by atoms with Gasteiger partial charge in [0.05, 0.1) is 18.2 Å². The van der Waals surface area contributed by atoms with Gasteiger partial charge in [0.2, 0.25) is 0 Å². The standard InChI is InChI=1S/C16H23F2NO2/c1-16(2,20)15(10-21-3)19-7-6-12(9-19)11-4-5-13(17)14(18)8-11/h4-5,8,12,15,20H,6-7,9-10H2,1-3H3/t12-,15?/m0/s1. The van der Waals surface area contributed by atoms with Crippen molar-refractivity contribution < 1.29 is 18.6 Å². The minimum atomic E-state index is -0.876. The topological polar surface area (TPSA) is 32.7 Å². The van der Waals surface area contributed by atoms with Crippen molar-refractivity contribution in [3.63, 3.8) is 0 Å². The van der Waals surface area contributed by atoms with E-state index in [4.69, 9.17) is 4.74 Å². The molecule has 1 aliphatic rings. The predicted octanol–water partition coefficient (Wildman–Crippen LogP) is 2.54. The number of aliphatic hydroxyl groups is 1. The van der Waals surface area contributed by atoms with Crippen LogP contribution in [0.4, 0.5) is 8.78 Å².